The Morgan fingerprint density at radius 1 is 1.50 bits per heavy atom. The van der Waals surface area contributed by atoms with Crippen molar-refractivity contribution in [2.75, 3.05) is 0 Å². The van der Waals surface area contributed by atoms with E-state index in [2.05, 4.69) is 21.2 Å². The summed E-state index contributed by atoms with van der Waals surface area (Å²) < 4.78 is 5.17. The fourth-order valence-electron chi connectivity index (χ4n) is 1.52. The zero-order valence-electron chi connectivity index (χ0n) is 9.54. The van der Waals surface area contributed by atoms with Crippen LogP contribution < -0.4 is 0 Å². The SMILES string of the molecule is N#Cc1ccnc(SCc2noc(C3CC3)n2)c1. The van der Waals surface area contributed by atoms with E-state index < -0.39 is 0 Å². The lowest BCUT2D eigenvalue weighted by atomic mass is 10.3. The van der Waals surface area contributed by atoms with Crippen LogP contribution in [0.25, 0.3) is 0 Å². The molecule has 1 saturated carbocycles. The van der Waals surface area contributed by atoms with Gasteiger partial charge in [0, 0.05) is 12.1 Å². The average molecular weight is 258 g/mol. The molecule has 0 unspecified atom stereocenters. The van der Waals surface area contributed by atoms with E-state index in [1.54, 1.807) is 18.3 Å². The minimum atomic E-state index is 0.483. The first-order chi connectivity index (χ1) is 8.85. The molecule has 0 N–H and O–H groups in total. The van der Waals surface area contributed by atoms with Crippen LogP contribution in [0.1, 0.15) is 36.0 Å². The monoisotopic (exact) mass is 258 g/mol. The van der Waals surface area contributed by atoms with Gasteiger partial charge >= 0.3 is 0 Å². The van der Waals surface area contributed by atoms with Gasteiger partial charge in [-0.1, -0.05) is 16.9 Å². The third kappa shape index (κ3) is 2.51. The minimum absolute atomic E-state index is 0.483. The highest BCUT2D eigenvalue weighted by Crippen LogP contribution is 2.39. The van der Waals surface area contributed by atoms with Crippen LogP contribution in [-0.4, -0.2) is 15.1 Å². The van der Waals surface area contributed by atoms with Gasteiger partial charge in [-0.3, -0.25) is 0 Å². The fraction of sp³-hybridized carbons (Fsp3) is 0.333. The Balaban J connectivity index is 1.64. The number of hydrogen-bond donors (Lipinski definition) is 0. The van der Waals surface area contributed by atoms with Crippen molar-refractivity contribution in [1.82, 2.24) is 15.1 Å². The molecule has 2 aromatic heterocycles. The smallest absolute Gasteiger partial charge is 0.229 e. The molecule has 0 aromatic carbocycles. The van der Waals surface area contributed by atoms with Crippen LogP contribution in [-0.2, 0) is 5.75 Å². The third-order valence-corrected chi connectivity index (χ3v) is 3.55. The van der Waals surface area contributed by atoms with Crippen molar-refractivity contribution < 1.29 is 4.52 Å². The van der Waals surface area contributed by atoms with Crippen molar-refractivity contribution in [2.45, 2.75) is 29.5 Å². The van der Waals surface area contributed by atoms with E-state index in [-0.39, 0.29) is 0 Å². The lowest BCUT2D eigenvalue weighted by Gasteiger charge is -1.97. The van der Waals surface area contributed by atoms with Crippen LogP contribution in [0.4, 0.5) is 0 Å². The van der Waals surface area contributed by atoms with Gasteiger partial charge in [0.15, 0.2) is 5.82 Å². The van der Waals surface area contributed by atoms with Gasteiger partial charge in [0.1, 0.15) is 0 Å². The van der Waals surface area contributed by atoms with Crippen molar-refractivity contribution in [2.24, 2.45) is 0 Å². The number of hydrogen-bond acceptors (Lipinski definition) is 6. The van der Waals surface area contributed by atoms with Gasteiger partial charge in [-0.05, 0) is 25.0 Å². The second-order valence-electron chi connectivity index (χ2n) is 4.11. The van der Waals surface area contributed by atoms with Gasteiger partial charge in [-0.15, -0.1) is 0 Å². The molecule has 5 nitrogen and oxygen atoms in total. The Labute approximate surface area is 108 Å². The fourth-order valence-corrected chi connectivity index (χ4v) is 2.26. The molecule has 3 rings (SSSR count). The molecule has 1 aliphatic rings. The highest BCUT2D eigenvalue weighted by Gasteiger charge is 2.29. The molecule has 1 fully saturated rings. The lowest BCUT2D eigenvalue weighted by molar-refractivity contribution is 0.375. The van der Waals surface area contributed by atoms with Crippen LogP contribution in [0, 0.1) is 11.3 Å². The van der Waals surface area contributed by atoms with Crippen molar-refractivity contribution in [3.8, 4) is 6.07 Å². The van der Waals surface area contributed by atoms with Gasteiger partial charge in [0.05, 0.1) is 22.4 Å². The minimum Gasteiger partial charge on any atom is -0.339 e. The topological polar surface area (TPSA) is 75.6 Å². The van der Waals surface area contributed by atoms with Gasteiger partial charge in [0.2, 0.25) is 5.89 Å². The zero-order valence-corrected chi connectivity index (χ0v) is 10.4. The van der Waals surface area contributed by atoms with Crippen molar-refractivity contribution in [3.05, 3.63) is 35.6 Å². The Morgan fingerprint density at radius 3 is 3.17 bits per heavy atom. The number of nitriles is 1. The number of thioether (sulfide) groups is 1. The number of pyridine rings is 1. The second kappa shape index (κ2) is 4.78. The van der Waals surface area contributed by atoms with Crippen molar-refractivity contribution >= 4 is 11.8 Å². The van der Waals surface area contributed by atoms with E-state index in [0.717, 1.165) is 23.8 Å². The number of aromatic nitrogens is 3. The Morgan fingerprint density at radius 2 is 2.39 bits per heavy atom. The maximum Gasteiger partial charge on any atom is 0.229 e. The van der Waals surface area contributed by atoms with Crippen molar-refractivity contribution in [1.29, 1.82) is 5.26 Å². The van der Waals surface area contributed by atoms with Crippen LogP contribution >= 0.6 is 11.8 Å². The molecule has 6 heteroatoms. The van der Waals surface area contributed by atoms with E-state index in [4.69, 9.17) is 9.78 Å². The van der Waals surface area contributed by atoms with Gasteiger partial charge in [0.25, 0.3) is 0 Å². The Hall–Kier alpha value is -1.87. The summed E-state index contributed by atoms with van der Waals surface area (Å²) in [6.45, 7) is 0. The lowest BCUT2D eigenvalue weighted by Crippen LogP contribution is -1.87. The van der Waals surface area contributed by atoms with E-state index in [1.807, 2.05) is 0 Å². The highest BCUT2D eigenvalue weighted by atomic mass is 32.2. The molecular weight excluding hydrogens is 248 g/mol. The maximum absolute atomic E-state index is 8.79. The summed E-state index contributed by atoms with van der Waals surface area (Å²) in [4.78, 5) is 8.52. The normalized spacial score (nSPS) is 14.4. The van der Waals surface area contributed by atoms with Crippen LogP contribution in [0.3, 0.4) is 0 Å². The molecule has 90 valence electrons. The molecule has 0 saturated heterocycles. The van der Waals surface area contributed by atoms with Gasteiger partial charge in [-0.2, -0.15) is 10.2 Å². The number of nitrogens with zero attached hydrogens (tertiary/aromatic N) is 4. The summed E-state index contributed by atoms with van der Waals surface area (Å²) in [5.74, 6) is 2.53. The molecule has 18 heavy (non-hydrogen) atoms. The second-order valence-corrected chi connectivity index (χ2v) is 5.10. The maximum atomic E-state index is 8.79. The van der Waals surface area contributed by atoms with E-state index in [9.17, 15) is 0 Å². The summed E-state index contributed by atoms with van der Waals surface area (Å²) in [7, 11) is 0. The highest BCUT2D eigenvalue weighted by molar-refractivity contribution is 7.98. The predicted molar refractivity (Wildman–Crippen MR) is 64.8 cm³/mol. The van der Waals surface area contributed by atoms with Crippen molar-refractivity contribution in [3.63, 3.8) is 0 Å². The number of rotatable bonds is 4. The zero-order chi connectivity index (χ0) is 12.4. The van der Waals surface area contributed by atoms with Crippen LogP contribution in [0.15, 0.2) is 27.9 Å². The molecule has 0 aliphatic heterocycles. The summed E-state index contributed by atoms with van der Waals surface area (Å²) in [6.07, 6.45) is 3.94. The summed E-state index contributed by atoms with van der Waals surface area (Å²) in [5, 5.41) is 13.5. The van der Waals surface area contributed by atoms with E-state index in [0.29, 0.717) is 23.1 Å². The molecular formula is C12H10N4OS. The largest absolute Gasteiger partial charge is 0.339 e. The first-order valence-electron chi connectivity index (χ1n) is 5.66. The average Bonchev–Trinajstić information content (AvgIpc) is 3.16. The third-order valence-electron chi connectivity index (χ3n) is 2.62. The summed E-state index contributed by atoms with van der Waals surface area (Å²) >= 11 is 1.50. The molecule has 0 atom stereocenters. The van der Waals surface area contributed by atoms with Crippen LogP contribution in [0.5, 0.6) is 0 Å². The van der Waals surface area contributed by atoms with Gasteiger partial charge in [-0.25, -0.2) is 4.98 Å². The Bertz CT molecular complexity index is 600. The molecule has 1 aliphatic carbocycles. The molecule has 0 bridgehead atoms. The molecule has 2 aromatic rings. The summed E-state index contributed by atoms with van der Waals surface area (Å²) in [5.41, 5.74) is 0.610. The molecule has 0 amide bonds. The van der Waals surface area contributed by atoms with Gasteiger partial charge < -0.3 is 4.52 Å². The van der Waals surface area contributed by atoms with Crippen LogP contribution in [0.2, 0.25) is 0 Å². The Kier molecular flexibility index (Phi) is 2.99. The van der Waals surface area contributed by atoms with E-state index >= 15 is 0 Å². The summed E-state index contributed by atoms with van der Waals surface area (Å²) in [6, 6.07) is 5.53. The first-order valence-corrected chi connectivity index (χ1v) is 6.65. The quantitative estimate of drug-likeness (QED) is 0.784. The molecule has 0 spiro atoms. The molecule has 0 radical (unpaired) electrons. The van der Waals surface area contributed by atoms with E-state index in [1.165, 1.54) is 11.8 Å². The predicted octanol–water partition coefficient (Wildman–Crippen LogP) is 2.51. The first kappa shape index (κ1) is 11.2. The molecule has 2 heterocycles. The standard InChI is InChI=1S/C12H10N4OS/c13-6-8-3-4-14-11(5-8)18-7-10-15-12(17-16-10)9-1-2-9/h3-5,9H,1-2,7H2.